The van der Waals surface area contributed by atoms with Crippen molar-refractivity contribution in [2.24, 2.45) is 4.74 Å². The van der Waals surface area contributed by atoms with Crippen LogP contribution in [0, 0.1) is 20.8 Å². The minimum atomic E-state index is -2.23. The van der Waals surface area contributed by atoms with Crippen LogP contribution < -0.4 is 15.9 Å². The van der Waals surface area contributed by atoms with Crippen molar-refractivity contribution in [2.75, 3.05) is 0 Å². The van der Waals surface area contributed by atoms with E-state index in [2.05, 4.69) is 118 Å². The molecule has 0 radical (unpaired) electrons. The topological polar surface area (TPSA) is 12.4 Å². The molecule has 0 aliphatic carbocycles. The molecule has 0 aliphatic rings. The van der Waals surface area contributed by atoms with Crippen LogP contribution >= 0.6 is 7.05 Å². The molecule has 0 amide bonds. The second-order valence-corrected chi connectivity index (χ2v) is 10.6. The lowest BCUT2D eigenvalue weighted by molar-refractivity contribution is 1.47. The van der Waals surface area contributed by atoms with Gasteiger partial charge >= 0.3 is 0 Å². The van der Waals surface area contributed by atoms with E-state index in [1.807, 2.05) is 6.07 Å². The fourth-order valence-corrected chi connectivity index (χ4v) is 7.57. The average molecular weight is 395 g/mol. The number of nitrogens with zero attached hydrogens (tertiary/aromatic N) is 1. The van der Waals surface area contributed by atoms with Gasteiger partial charge in [0.15, 0.2) is 0 Å². The maximum absolute atomic E-state index is 5.54. The molecule has 0 unspecified atom stereocenters. The van der Waals surface area contributed by atoms with Gasteiger partial charge in [-0.3, -0.25) is 4.74 Å². The van der Waals surface area contributed by atoms with Crippen molar-refractivity contribution in [1.29, 1.82) is 0 Å². The monoisotopic (exact) mass is 395 g/mol. The Morgan fingerprint density at radius 2 is 0.897 bits per heavy atom. The number of hydrogen-bond acceptors (Lipinski definition) is 1. The Labute approximate surface area is 174 Å². The molecule has 0 saturated heterocycles. The van der Waals surface area contributed by atoms with Gasteiger partial charge in [0.2, 0.25) is 0 Å². The lowest BCUT2D eigenvalue weighted by Gasteiger charge is -2.28. The van der Waals surface area contributed by atoms with E-state index in [4.69, 9.17) is 4.74 Å². The number of hydrogen-bond donors (Lipinski definition) is 0. The molecule has 4 aromatic rings. The molecular weight excluding hydrogens is 369 g/mol. The standard InChI is InChI=1S/C27H26NP/c1-21-10-7-15-25(18-21)29(26-16-8-11-22(2)19-26,27-17-9-12-23(3)20-27)28-24-13-5-4-6-14-24/h4-20H,1-3H3. The summed E-state index contributed by atoms with van der Waals surface area (Å²) in [6.45, 7) is 6.48. The average Bonchev–Trinajstić information content (AvgIpc) is 2.73. The Morgan fingerprint density at radius 3 is 1.28 bits per heavy atom. The van der Waals surface area contributed by atoms with E-state index < -0.39 is 7.05 Å². The first kappa shape index (κ1) is 19.4. The molecule has 0 heterocycles. The Hall–Kier alpha value is -2.89. The van der Waals surface area contributed by atoms with Crippen molar-refractivity contribution in [3.63, 3.8) is 0 Å². The molecular formula is C27H26NP. The van der Waals surface area contributed by atoms with E-state index in [1.54, 1.807) is 0 Å². The minimum Gasteiger partial charge on any atom is -0.254 e. The van der Waals surface area contributed by atoms with Crippen molar-refractivity contribution in [2.45, 2.75) is 20.8 Å². The largest absolute Gasteiger partial charge is 0.254 e. The van der Waals surface area contributed by atoms with E-state index in [-0.39, 0.29) is 0 Å². The Kier molecular flexibility index (Phi) is 5.51. The van der Waals surface area contributed by atoms with Gasteiger partial charge in [-0.15, -0.1) is 0 Å². The molecule has 1 nitrogen and oxygen atoms in total. The third kappa shape index (κ3) is 3.97. The van der Waals surface area contributed by atoms with Gasteiger partial charge in [0.25, 0.3) is 0 Å². The van der Waals surface area contributed by atoms with Gasteiger partial charge in [-0.25, -0.2) is 0 Å². The van der Waals surface area contributed by atoms with Gasteiger partial charge in [-0.1, -0.05) is 89.5 Å². The summed E-state index contributed by atoms with van der Waals surface area (Å²) >= 11 is 0. The highest BCUT2D eigenvalue weighted by molar-refractivity contribution is 7.87. The predicted molar refractivity (Wildman–Crippen MR) is 128 cm³/mol. The third-order valence-electron chi connectivity index (χ3n) is 5.15. The second kappa shape index (κ2) is 8.23. The van der Waals surface area contributed by atoms with Gasteiger partial charge in [0.1, 0.15) is 0 Å². The highest BCUT2D eigenvalue weighted by Crippen LogP contribution is 2.49. The van der Waals surface area contributed by atoms with Crippen LogP contribution in [0.2, 0.25) is 0 Å². The molecule has 0 N–H and O–H groups in total. The molecule has 4 aromatic carbocycles. The molecule has 0 aromatic heterocycles. The Bertz CT molecular complexity index is 1070. The van der Waals surface area contributed by atoms with Gasteiger partial charge < -0.3 is 0 Å². The minimum absolute atomic E-state index is 1.02. The molecule has 4 rings (SSSR count). The van der Waals surface area contributed by atoms with E-state index in [1.165, 1.54) is 32.6 Å². The van der Waals surface area contributed by atoms with Gasteiger partial charge in [-0.2, -0.15) is 0 Å². The molecule has 2 heteroatoms. The van der Waals surface area contributed by atoms with Gasteiger partial charge in [0, 0.05) is 15.9 Å². The second-order valence-electron chi connectivity index (χ2n) is 7.59. The van der Waals surface area contributed by atoms with Crippen molar-refractivity contribution < 1.29 is 0 Å². The first-order valence-electron chi connectivity index (χ1n) is 9.97. The smallest absolute Gasteiger partial charge is 0.0625 e. The van der Waals surface area contributed by atoms with E-state index in [0.717, 1.165) is 5.69 Å². The van der Waals surface area contributed by atoms with Crippen LogP contribution in [-0.2, 0) is 0 Å². The molecule has 0 spiro atoms. The molecule has 0 aliphatic heterocycles. The zero-order valence-corrected chi connectivity index (χ0v) is 18.1. The summed E-state index contributed by atoms with van der Waals surface area (Å²) in [6.07, 6.45) is 0. The van der Waals surface area contributed by atoms with Crippen LogP contribution in [0.25, 0.3) is 0 Å². The Balaban J connectivity index is 2.18. The third-order valence-corrected chi connectivity index (χ3v) is 8.76. The van der Waals surface area contributed by atoms with Crippen LogP contribution in [0.5, 0.6) is 0 Å². The van der Waals surface area contributed by atoms with Crippen LogP contribution in [0.15, 0.2) is 108 Å². The number of rotatable bonds is 4. The van der Waals surface area contributed by atoms with Crippen LogP contribution in [0.1, 0.15) is 16.7 Å². The van der Waals surface area contributed by atoms with E-state index in [0.29, 0.717) is 0 Å². The fraction of sp³-hybridized carbons (Fsp3) is 0.111. The number of benzene rings is 4. The summed E-state index contributed by atoms with van der Waals surface area (Å²) in [4.78, 5) is 0. The molecule has 0 atom stereocenters. The molecule has 29 heavy (non-hydrogen) atoms. The Morgan fingerprint density at radius 1 is 0.483 bits per heavy atom. The predicted octanol–water partition coefficient (Wildman–Crippen LogP) is 6.42. The molecule has 0 saturated carbocycles. The maximum Gasteiger partial charge on any atom is 0.0625 e. The van der Waals surface area contributed by atoms with Gasteiger partial charge in [0.05, 0.1) is 12.7 Å². The first-order chi connectivity index (χ1) is 14.1. The van der Waals surface area contributed by atoms with Gasteiger partial charge in [-0.05, 0) is 51.1 Å². The maximum atomic E-state index is 5.54. The summed E-state index contributed by atoms with van der Waals surface area (Å²) in [6, 6.07) is 37.0. The van der Waals surface area contributed by atoms with Crippen molar-refractivity contribution >= 4 is 28.7 Å². The summed E-state index contributed by atoms with van der Waals surface area (Å²) in [5.41, 5.74) is 4.80. The van der Waals surface area contributed by atoms with Crippen molar-refractivity contribution in [3.05, 3.63) is 120 Å². The molecule has 0 fully saturated rings. The molecule has 144 valence electrons. The summed E-state index contributed by atoms with van der Waals surface area (Å²) < 4.78 is 5.54. The van der Waals surface area contributed by atoms with Crippen LogP contribution in [-0.4, -0.2) is 0 Å². The van der Waals surface area contributed by atoms with Crippen LogP contribution in [0.3, 0.4) is 0 Å². The highest BCUT2D eigenvalue weighted by Gasteiger charge is 2.28. The molecule has 0 bridgehead atoms. The fourth-order valence-electron chi connectivity index (χ4n) is 3.78. The zero-order valence-electron chi connectivity index (χ0n) is 17.2. The SMILES string of the molecule is Cc1cccc(P(=Nc2ccccc2)(c2cccc(C)c2)c2cccc(C)c2)c1. The quantitative estimate of drug-likeness (QED) is 0.354. The van der Waals surface area contributed by atoms with Crippen molar-refractivity contribution in [1.82, 2.24) is 0 Å². The van der Waals surface area contributed by atoms with Crippen LogP contribution in [0.4, 0.5) is 5.69 Å². The highest BCUT2D eigenvalue weighted by atomic mass is 31.2. The zero-order chi connectivity index (χ0) is 20.3. The summed E-state index contributed by atoms with van der Waals surface area (Å²) in [5, 5.41) is 3.87. The normalized spacial score (nSPS) is 11.3. The lowest BCUT2D eigenvalue weighted by atomic mass is 10.2. The summed E-state index contributed by atoms with van der Waals surface area (Å²) in [5.74, 6) is 0. The van der Waals surface area contributed by atoms with E-state index >= 15 is 0 Å². The number of aryl methyl sites for hydroxylation is 3. The van der Waals surface area contributed by atoms with Crippen molar-refractivity contribution in [3.8, 4) is 0 Å². The summed E-state index contributed by atoms with van der Waals surface area (Å²) in [7, 11) is -2.23. The lowest BCUT2D eigenvalue weighted by Crippen LogP contribution is -2.26. The van der Waals surface area contributed by atoms with E-state index in [9.17, 15) is 0 Å². The first-order valence-corrected chi connectivity index (χ1v) is 11.7.